The summed E-state index contributed by atoms with van der Waals surface area (Å²) in [4.78, 5) is 15.8. The van der Waals surface area contributed by atoms with Crippen molar-refractivity contribution in [3.63, 3.8) is 0 Å². The average Bonchev–Trinajstić information content (AvgIpc) is 3.00. The molecule has 1 amide bonds. The molecule has 2 N–H and O–H groups in total. The van der Waals surface area contributed by atoms with Crippen molar-refractivity contribution in [3.8, 4) is 11.3 Å². The molecule has 0 saturated carbocycles. The van der Waals surface area contributed by atoms with Crippen LogP contribution in [-0.4, -0.2) is 35.3 Å². The molecule has 0 fully saturated rings. The van der Waals surface area contributed by atoms with E-state index in [4.69, 9.17) is 0 Å². The van der Waals surface area contributed by atoms with Crippen LogP contribution in [0.3, 0.4) is 0 Å². The van der Waals surface area contributed by atoms with E-state index in [-0.39, 0.29) is 10.8 Å². The Balaban J connectivity index is 2.05. The average molecular weight is 385 g/mol. The minimum Gasteiger partial charge on any atom is -0.355 e. The van der Waals surface area contributed by atoms with Crippen LogP contribution in [0.15, 0.2) is 53.7 Å². The summed E-state index contributed by atoms with van der Waals surface area (Å²) < 4.78 is 25.3. The Morgan fingerprint density at radius 3 is 2.59 bits per heavy atom. The van der Waals surface area contributed by atoms with E-state index in [0.29, 0.717) is 22.9 Å². The fourth-order valence-corrected chi connectivity index (χ4v) is 3.20. The van der Waals surface area contributed by atoms with Gasteiger partial charge in [0.05, 0.1) is 16.3 Å². The number of sulfone groups is 1. The Bertz CT molecular complexity index is 1110. The monoisotopic (exact) mass is 385 g/mol. The van der Waals surface area contributed by atoms with Crippen LogP contribution in [0.25, 0.3) is 11.3 Å². The zero-order valence-corrected chi connectivity index (χ0v) is 15.9. The summed E-state index contributed by atoms with van der Waals surface area (Å²) in [6, 6.07) is 10.0. The number of rotatable bonds is 5. The maximum Gasteiger partial charge on any atom is 0.222 e. The zero-order chi connectivity index (χ0) is 19.6. The lowest BCUT2D eigenvalue weighted by Gasteiger charge is -2.13. The summed E-state index contributed by atoms with van der Waals surface area (Å²) in [7, 11) is -1.51. The fraction of sp³-hybridized carbons (Fsp3) is 0.167. The number of hydrogen-bond acceptors (Lipinski definition) is 6. The molecule has 0 radical (unpaired) electrons. The van der Waals surface area contributed by atoms with Gasteiger partial charge >= 0.3 is 0 Å². The molecule has 3 rings (SSSR count). The lowest BCUT2D eigenvalue weighted by atomic mass is 10.1. The maximum absolute atomic E-state index is 11.8. The van der Waals surface area contributed by atoms with E-state index in [9.17, 15) is 13.2 Å². The predicted octanol–water partition coefficient (Wildman–Crippen LogP) is 2.59. The molecule has 140 valence electrons. The first-order valence-electron chi connectivity index (χ1n) is 8.07. The van der Waals surface area contributed by atoms with E-state index >= 15 is 0 Å². The molecule has 2 aromatic heterocycles. The summed E-state index contributed by atoms with van der Waals surface area (Å²) in [5, 5.41) is 10.2. The highest BCUT2D eigenvalue weighted by atomic mass is 32.2. The lowest BCUT2D eigenvalue weighted by Crippen LogP contribution is -2.08. The van der Waals surface area contributed by atoms with Crippen LogP contribution in [0.1, 0.15) is 6.92 Å². The Morgan fingerprint density at radius 2 is 1.96 bits per heavy atom. The van der Waals surface area contributed by atoms with Gasteiger partial charge in [-0.1, -0.05) is 6.07 Å². The number of pyridine rings is 1. The topological polar surface area (TPSA) is 106 Å². The number of benzene rings is 1. The summed E-state index contributed by atoms with van der Waals surface area (Å²) >= 11 is 0. The second-order valence-corrected chi connectivity index (χ2v) is 8.11. The number of carbonyl (C=O) groups excluding carboxylic acids is 1. The van der Waals surface area contributed by atoms with Gasteiger partial charge in [0, 0.05) is 49.9 Å². The number of anilines is 3. The van der Waals surface area contributed by atoms with Gasteiger partial charge in [0.2, 0.25) is 5.91 Å². The molecule has 27 heavy (non-hydrogen) atoms. The van der Waals surface area contributed by atoms with Crippen LogP contribution in [0, 0.1) is 0 Å². The highest BCUT2D eigenvalue weighted by Gasteiger charge is 2.13. The molecule has 1 aromatic carbocycles. The first-order valence-corrected chi connectivity index (χ1v) is 9.96. The van der Waals surface area contributed by atoms with Crippen molar-refractivity contribution in [2.24, 2.45) is 7.05 Å². The fourth-order valence-electron chi connectivity index (χ4n) is 2.53. The standard InChI is InChI=1S/C18H19N5O3S/c1-12(24)20-18-10-17(15(11-19-18)16-7-8-23(2)22-16)21-13-5-4-6-14(9-13)27(3,25)26/h4-11H,1-3H3,(H2,19,20,21,24). The second kappa shape index (κ2) is 7.20. The van der Waals surface area contributed by atoms with Gasteiger partial charge < -0.3 is 10.6 Å². The normalized spacial score (nSPS) is 11.2. The summed E-state index contributed by atoms with van der Waals surface area (Å²) in [5.74, 6) is 0.141. The van der Waals surface area contributed by atoms with Gasteiger partial charge in [0.25, 0.3) is 0 Å². The highest BCUT2D eigenvalue weighted by Crippen LogP contribution is 2.31. The minimum atomic E-state index is -3.33. The molecule has 9 heteroatoms. The molecule has 3 aromatic rings. The quantitative estimate of drug-likeness (QED) is 0.699. The van der Waals surface area contributed by atoms with Crippen molar-refractivity contribution in [1.29, 1.82) is 0 Å². The SMILES string of the molecule is CC(=O)Nc1cc(Nc2cccc(S(C)(=O)=O)c2)c(-c2ccn(C)n2)cn1. The van der Waals surface area contributed by atoms with Gasteiger partial charge in [-0.2, -0.15) is 5.10 Å². The van der Waals surface area contributed by atoms with Crippen LogP contribution >= 0.6 is 0 Å². The van der Waals surface area contributed by atoms with E-state index in [1.54, 1.807) is 35.1 Å². The Hall–Kier alpha value is -3.20. The van der Waals surface area contributed by atoms with Gasteiger partial charge in [0.1, 0.15) is 5.82 Å². The third kappa shape index (κ3) is 4.50. The highest BCUT2D eigenvalue weighted by molar-refractivity contribution is 7.90. The first-order chi connectivity index (χ1) is 12.7. The smallest absolute Gasteiger partial charge is 0.222 e. The molecule has 0 unspecified atom stereocenters. The van der Waals surface area contributed by atoms with E-state index < -0.39 is 9.84 Å². The van der Waals surface area contributed by atoms with Crippen LogP contribution in [0.4, 0.5) is 17.2 Å². The summed E-state index contributed by atoms with van der Waals surface area (Å²) in [5.41, 5.74) is 2.64. The Kier molecular flexibility index (Phi) is 4.95. The largest absolute Gasteiger partial charge is 0.355 e. The molecular weight excluding hydrogens is 366 g/mol. The van der Waals surface area contributed by atoms with Crippen LogP contribution in [-0.2, 0) is 21.7 Å². The van der Waals surface area contributed by atoms with E-state index in [1.807, 2.05) is 19.3 Å². The molecule has 2 heterocycles. The van der Waals surface area contributed by atoms with Crippen LogP contribution in [0.2, 0.25) is 0 Å². The van der Waals surface area contributed by atoms with Crippen molar-refractivity contribution < 1.29 is 13.2 Å². The molecule has 0 aliphatic heterocycles. The second-order valence-electron chi connectivity index (χ2n) is 6.10. The molecule has 8 nitrogen and oxygen atoms in total. The summed E-state index contributed by atoms with van der Waals surface area (Å²) in [6.45, 7) is 1.40. The van der Waals surface area contributed by atoms with Gasteiger partial charge in [-0.25, -0.2) is 13.4 Å². The van der Waals surface area contributed by atoms with Crippen molar-refractivity contribution in [3.05, 3.63) is 48.8 Å². The Labute approximate surface area is 157 Å². The van der Waals surface area contributed by atoms with Gasteiger partial charge in [-0.15, -0.1) is 0 Å². The number of nitrogens with zero attached hydrogens (tertiary/aromatic N) is 3. The third-order valence-electron chi connectivity index (χ3n) is 3.74. The molecule has 0 atom stereocenters. The van der Waals surface area contributed by atoms with Gasteiger partial charge in [-0.05, 0) is 24.3 Å². The van der Waals surface area contributed by atoms with E-state index in [0.717, 1.165) is 11.8 Å². The van der Waals surface area contributed by atoms with Crippen molar-refractivity contribution >= 4 is 32.9 Å². The number of hydrogen-bond donors (Lipinski definition) is 2. The van der Waals surface area contributed by atoms with Gasteiger partial charge in [-0.3, -0.25) is 9.48 Å². The minimum absolute atomic E-state index is 0.211. The lowest BCUT2D eigenvalue weighted by molar-refractivity contribution is -0.114. The molecule has 0 bridgehead atoms. The van der Waals surface area contributed by atoms with Gasteiger partial charge in [0.15, 0.2) is 9.84 Å². The molecule has 0 aliphatic rings. The van der Waals surface area contributed by atoms with Crippen molar-refractivity contribution in [2.45, 2.75) is 11.8 Å². The van der Waals surface area contributed by atoms with Crippen molar-refractivity contribution in [1.82, 2.24) is 14.8 Å². The van der Waals surface area contributed by atoms with E-state index in [2.05, 4.69) is 20.7 Å². The number of amides is 1. The zero-order valence-electron chi connectivity index (χ0n) is 15.1. The predicted molar refractivity (Wildman–Crippen MR) is 104 cm³/mol. The van der Waals surface area contributed by atoms with Crippen LogP contribution < -0.4 is 10.6 Å². The number of aromatic nitrogens is 3. The third-order valence-corrected chi connectivity index (χ3v) is 4.85. The van der Waals surface area contributed by atoms with Crippen LogP contribution in [0.5, 0.6) is 0 Å². The Morgan fingerprint density at radius 1 is 1.19 bits per heavy atom. The van der Waals surface area contributed by atoms with Crippen molar-refractivity contribution in [2.75, 3.05) is 16.9 Å². The first kappa shape index (κ1) is 18.6. The van der Waals surface area contributed by atoms with E-state index in [1.165, 1.54) is 13.0 Å². The molecule has 0 spiro atoms. The molecule has 0 aliphatic carbocycles. The summed E-state index contributed by atoms with van der Waals surface area (Å²) in [6.07, 6.45) is 4.58. The molecular formula is C18H19N5O3S. The number of carbonyl (C=O) groups is 1. The number of aryl methyl sites for hydroxylation is 1. The number of nitrogens with one attached hydrogen (secondary N) is 2. The maximum atomic E-state index is 11.8. The molecule has 0 saturated heterocycles.